The SMILES string of the molecule is CCCNC(=O)c1ccc(NC(C)C(=O)N2CCOCC2)nc1. The smallest absolute Gasteiger partial charge is 0.252 e. The number of hydrogen-bond donors (Lipinski definition) is 2. The molecule has 2 N–H and O–H groups in total. The van der Waals surface area contributed by atoms with E-state index in [4.69, 9.17) is 4.74 Å². The van der Waals surface area contributed by atoms with Crippen molar-refractivity contribution in [2.45, 2.75) is 26.3 Å². The van der Waals surface area contributed by atoms with Gasteiger partial charge in [-0.3, -0.25) is 9.59 Å². The van der Waals surface area contributed by atoms with E-state index < -0.39 is 0 Å². The van der Waals surface area contributed by atoms with Crippen molar-refractivity contribution >= 4 is 17.6 Å². The van der Waals surface area contributed by atoms with Crippen LogP contribution in [0.15, 0.2) is 18.3 Å². The topological polar surface area (TPSA) is 83.6 Å². The molecule has 0 saturated carbocycles. The second kappa shape index (κ2) is 8.47. The first-order valence-electron chi connectivity index (χ1n) is 7.99. The average molecular weight is 320 g/mol. The van der Waals surface area contributed by atoms with Gasteiger partial charge in [0.2, 0.25) is 5.91 Å². The first-order chi connectivity index (χ1) is 11.1. The second-order valence-electron chi connectivity index (χ2n) is 5.49. The molecule has 1 aromatic rings. The van der Waals surface area contributed by atoms with Crippen LogP contribution in [0.1, 0.15) is 30.6 Å². The summed E-state index contributed by atoms with van der Waals surface area (Å²) in [6, 6.07) is 3.04. The van der Waals surface area contributed by atoms with Gasteiger partial charge in [-0.05, 0) is 25.5 Å². The molecule has 2 heterocycles. The van der Waals surface area contributed by atoms with E-state index in [9.17, 15) is 9.59 Å². The molecule has 23 heavy (non-hydrogen) atoms. The number of nitrogens with zero attached hydrogens (tertiary/aromatic N) is 2. The van der Waals surface area contributed by atoms with Gasteiger partial charge >= 0.3 is 0 Å². The number of hydrogen-bond acceptors (Lipinski definition) is 5. The third-order valence-electron chi connectivity index (χ3n) is 3.62. The zero-order valence-corrected chi connectivity index (χ0v) is 13.7. The molecule has 0 radical (unpaired) electrons. The fourth-order valence-corrected chi connectivity index (χ4v) is 2.30. The normalized spacial score (nSPS) is 15.8. The number of aromatic nitrogens is 1. The number of nitrogens with one attached hydrogen (secondary N) is 2. The van der Waals surface area contributed by atoms with Crippen LogP contribution in [-0.2, 0) is 9.53 Å². The van der Waals surface area contributed by atoms with Crippen LogP contribution in [0.2, 0.25) is 0 Å². The highest BCUT2D eigenvalue weighted by molar-refractivity contribution is 5.94. The highest BCUT2D eigenvalue weighted by Crippen LogP contribution is 2.09. The lowest BCUT2D eigenvalue weighted by atomic mass is 10.2. The van der Waals surface area contributed by atoms with Crippen molar-refractivity contribution in [1.82, 2.24) is 15.2 Å². The summed E-state index contributed by atoms with van der Waals surface area (Å²) in [5.74, 6) is 0.467. The zero-order chi connectivity index (χ0) is 16.7. The number of morpholine rings is 1. The maximum Gasteiger partial charge on any atom is 0.252 e. The zero-order valence-electron chi connectivity index (χ0n) is 13.7. The fourth-order valence-electron chi connectivity index (χ4n) is 2.30. The summed E-state index contributed by atoms with van der Waals surface area (Å²) in [4.78, 5) is 30.1. The molecule has 1 aromatic heterocycles. The van der Waals surface area contributed by atoms with Gasteiger partial charge in [0.05, 0.1) is 18.8 Å². The molecule has 1 aliphatic heterocycles. The molecule has 0 aliphatic carbocycles. The Kier molecular flexibility index (Phi) is 6.34. The Morgan fingerprint density at radius 2 is 2.09 bits per heavy atom. The van der Waals surface area contributed by atoms with E-state index in [1.165, 1.54) is 6.20 Å². The average Bonchev–Trinajstić information content (AvgIpc) is 2.60. The summed E-state index contributed by atoms with van der Waals surface area (Å²) < 4.78 is 5.25. The Hall–Kier alpha value is -2.15. The minimum absolute atomic E-state index is 0.0277. The first kappa shape index (κ1) is 17.2. The van der Waals surface area contributed by atoms with Crippen molar-refractivity contribution in [2.24, 2.45) is 0 Å². The van der Waals surface area contributed by atoms with Gasteiger partial charge < -0.3 is 20.3 Å². The number of amides is 2. The third kappa shape index (κ3) is 4.92. The Morgan fingerprint density at radius 3 is 2.70 bits per heavy atom. The largest absolute Gasteiger partial charge is 0.378 e. The molecule has 2 amide bonds. The van der Waals surface area contributed by atoms with E-state index in [-0.39, 0.29) is 17.9 Å². The van der Waals surface area contributed by atoms with Gasteiger partial charge in [0, 0.05) is 25.8 Å². The van der Waals surface area contributed by atoms with E-state index in [0.29, 0.717) is 44.2 Å². The van der Waals surface area contributed by atoms with Crippen molar-refractivity contribution < 1.29 is 14.3 Å². The molecule has 7 nitrogen and oxygen atoms in total. The molecule has 0 aromatic carbocycles. The highest BCUT2D eigenvalue weighted by atomic mass is 16.5. The quantitative estimate of drug-likeness (QED) is 0.813. The number of anilines is 1. The van der Waals surface area contributed by atoms with Crippen LogP contribution in [0.3, 0.4) is 0 Å². The summed E-state index contributed by atoms with van der Waals surface area (Å²) in [5.41, 5.74) is 0.510. The molecule has 1 fully saturated rings. The molecule has 1 atom stereocenters. The predicted octanol–water partition coefficient (Wildman–Crippen LogP) is 0.881. The number of rotatable bonds is 6. The Morgan fingerprint density at radius 1 is 1.35 bits per heavy atom. The van der Waals surface area contributed by atoms with Crippen LogP contribution in [0, 0.1) is 0 Å². The van der Waals surface area contributed by atoms with Gasteiger partial charge in [-0.2, -0.15) is 0 Å². The molecule has 2 rings (SSSR count). The third-order valence-corrected chi connectivity index (χ3v) is 3.62. The van der Waals surface area contributed by atoms with Crippen molar-refractivity contribution in [3.05, 3.63) is 23.9 Å². The van der Waals surface area contributed by atoms with Crippen molar-refractivity contribution in [2.75, 3.05) is 38.2 Å². The van der Waals surface area contributed by atoms with Gasteiger partial charge in [-0.15, -0.1) is 0 Å². The summed E-state index contributed by atoms with van der Waals surface area (Å²) in [6.45, 7) is 6.85. The van der Waals surface area contributed by atoms with Crippen LogP contribution in [0.5, 0.6) is 0 Å². The Bertz CT molecular complexity index is 527. The van der Waals surface area contributed by atoms with Crippen LogP contribution < -0.4 is 10.6 Å². The molecule has 126 valence electrons. The van der Waals surface area contributed by atoms with Gasteiger partial charge in [-0.25, -0.2) is 4.98 Å². The Labute approximate surface area is 136 Å². The molecule has 1 unspecified atom stereocenters. The monoisotopic (exact) mass is 320 g/mol. The second-order valence-corrected chi connectivity index (χ2v) is 5.49. The van der Waals surface area contributed by atoms with Gasteiger partial charge in [0.1, 0.15) is 11.9 Å². The predicted molar refractivity (Wildman–Crippen MR) is 87.3 cm³/mol. The molecule has 0 bridgehead atoms. The summed E-state index contributed by atoms with van der Waals surface area (Å²) in [6.07, 6.45) is 2.40. The minimum atomic E-state index is -0.375. The lowest BCUT2D eigenvalue weighted by Gasteiger charge is -2.29. The van der Waals surface area contributed by atoms with Crippen LogP contribution >= 0.6 is 0 Å². The van der Waals surface area contributed by atoms with Crippen LogP contribution in [-0.4, -0.2) is 60.6 Å². The highest BCUT2D eigenvalue weighted by Gasteiger charge is 2.22. The minimum Gasteiger partial charge on any atom is -0.378 e. The molecule has 0 spiro atoms. The van der Waals surface area contributed by atoms with Crippen molar-refractivity contribution in [3.8, 4) is 0 Å². The molecule has 1 saturated heterocycles. The van der Waals surface area contributed by atoms with Crippen LogP contribution in [0.4, 0.5) is 5.82 Å². The standard InChI is InChI=1S/C16H24N4O3/c1-3-6-17-15(21)13-4-5-14(18-11-13)19-12(2)16(22)20-7-9-23-10-8-20/h4-5,11-12H,3,6-10H2,1-2H3,(H,17,21)(H,18,19). The Balaban J connectivity index is 1.89. The summed E-state index contributed by atoms with van der Waals surface area (Å²) in [5, 5.41) is 5.87. The number of carbonyl (C=O) groups excluding carboxylic acids is 2. The van der Waals surface area contributed by atoms with Crippen molar-refractivity contribution in [3.63, 3.8) is 0 Å². The van der Waals surface area contributed by atoms with E-state index in [1.54, 1.807) is 24.0 Å². The van der Waals surface area contributed by atoms with E-state index >= 15 is 0 Å². The van der Waals surface area contributed by atoms with Gasteiger partial charge in [0.15, 0.2) is 0 Å². The maximum absolute atomic E-state index is 12.3. The summed E-state index contributed by atoms with van der Waals surface area (Å²) in [7, 11) is 0. The number of carbonyl (C=O) groups is 2. The lowest BCUT2D eigenvalue weighted by Crippen LogP contribution is -2.47. The van der Waals surface area contributed by atoms with Gasteiger partial charge in [-0.1, -0.05) is 6.92 Å². The van der Waals surface area contributed by atoms with Crippen LogP contribution in [0.25, 0.3) is 0 Å². The van der Waals surface area contributed by atoms with Crippen molar-refractivity contribution in [1.29, 1.82) is 0 Å². The molecular weight excluding hydrogens is 296 g/mol. The van der Waals surface area contributed by atoms with E-state index in [2.05, 4.69) is 15.6 Å². The first-order valence-corrected chi connectivity index (χ1v) is 7.99. The van der Waals surface area contributed by atoms with E-state index in [0.717, 1.165) is 6.42 Å². The lowest BCUT2D eigenvalue weighted by molar-refractivity contribution is -0.135. The molecule has 1 aliphatic rings. The number of ether oxygens (including phenoxy) is 1. The fraction of sp³-hybridized carbons (Fsp3) is 0.562. The maximum atomic E-state index is 12.3. The molecule has 7 heteroatoms. The summed E-state index contributed by atoms with van der Waals surface area (Å²) >= 11 is 0. The van der Waals surface area contributed by atoms with Gasteiger partial charge in [0.25, 0.3) is 5.91 Å². The van der Waals surface area contributed by atoms with E-state index in [1.807, 2.05) is 6.92 Å². The number of pyridine rings is 1. The molecular formula is C16H24N4O3.